The highest BCUT2D eigenvalue weighted by Crippen LogP contribution is 1.93. The number of allylic oxidation sites excluding steroid dienone is 2. The van der Waals surface area contributed by atoms with Gasteiger partial charge in [0, 0.05) is 0 Å². The van der Waals surface area contributed by atoms with Crippen LogP contribution in [-0.2, 0) is 0 Å². The molecule has 1 N–H and O–H groups in total. The minimum absolute atomic E-state index is 0.0435. The van der Waals surface area contributed by atoms with E-state index in [2.05, 4.69) is 18.8 Å². The molecule has 0 aromatic rings. The van der Waals surface area contributed by atoms with Crippen LogP contribution in [0.2, 0.25) is 0 Å². The van der Waals surface area contributed by atoms with Crippen LogP contribution in [-0.4, -0.2) is 11.7 Å². The van der Waals surface area contributed by atoms with Crippen molar-refractivity contribution in [3.05, 3.63) is 12.2 Å². The molecule has 0 heterocycles. The molecule has 0 saturated heterocycles. The molecule has 56 valence electrons. The van der Waals surface area contributed by atoms with E-state index in [0.717, 1.165) is 6.42 Å². The molecule has 0 amide bonds. The van der Waals surface area contributed by atoms with Gasteiger partial charge in [0.25, 0.3) is 0 Å². The van der Waals surface area contributed by atoms with Crippen LogP contribution in [0.4, 0.5) is 0 Å². The van der Waals surface area contributed by atoms with E-state index in [1.165, 1.54) is 12.8 Å². The van der Waals surface area contributed by atoms with E-state index >= 15 is 0 Å². The Morgan fingerprint density at radius 2 is 2.30 bits per heavy atom. The minimum Gasteiger partial charge on any atom is -0.384 e. The van der Waals surface area contributed by atoms with Crippen LogP contribution in [0, 0.1) is 11.8 Å². The molecule has 10 heavy (non-hydrogen) atoms. The van der Waals surface area contributed by atoms with Crippen LogP contribution in [0.15, 0.2) is 12.2 Å². The van der Waals surface area contributed by atoms with Gasteiger partial charge in [-0.05, 0) is 12.5 Å². The molecule has 0 aromatic heterocycles. The first-order chi connectivity index (χ1) is 4.91. The lowest BCUT2D eigenvalue weighted by atomic mass is 10.2. The number of aliphatic hydroxyl groups excluding tert-OH is 1. The van der Waals surface area contributed by atoms with Crippen molar-refractivity contribution in [1.29, 1.82) is 0 Å². The van der Waals surface area contributed by atoms with E-state index in [4.69, 9.17) is 5.11 Å². The average Bonchev–Trinajstić information content (AvgIpc) is 1.97. The minimum atomic E-state index is -0.0435. The molecule has 0 saturated carbocycles. The monoisotopic (exact) mass is 138 g/mol. The van der Waals surface area contributed by atoms with Crippen molar-refractivity contribution in [2.24, 2.45) is 0 Å². The molecular weight excluding hydrogens is 124 g/mol. The average molecular weight is 138 g/mol. The molecule has 0 rings (SSSR count). The van der Waals surface area contributed by atoms with Crippen molar-refractivity contribution in [2.45, 2.75) is 26.2 Å². The largest absolute Gasteiger partial charge is 0.384 e. The van der Waals surface area contributed by atoms with Crippen LogP contribution >= 0.6 is 0 Å². The van der Waals surface area contributed by atoms with Gasteiger partial charge < -0.3 is 5.11 Å². The number of unbranched alkanes of at least 4 members (excludes halogenated alkanes) is 2. The van der Waals surface area contributed by atoms with Crippen LogP contribution in [0.1, 0.15) is 26.2 Å². The van der Waals surface area contributed by atoms with E-state index in [-0.39, 0.29) is 6.61 Å². The smallest absolute Gasteiger partial charge is 0.104 e. The van der Waals surface area contributed by atoms with Gasteiger partial charge in [-0.15, -0.1) is 0 Å². The summed E-state index contributed by atoms with van der Waals surface area (Å²) in [6.07, 6.45) is 7.36. The van der Waals surface area contributed by atoms with Gasteiger partial charge in [-0.1, -0.05) is 37.7 Å². The maximum absolute atomic E-state index is 8.26. The topological polar surface area (TPSA) is 20.2 Å². The van der Waals surface area contributed by atoms with Gasteiger partial charge in [-0.3, -0.25) is 0 Å². The van der Waals surface area contributed by atoms with Gasteiger partial charge in [0.15, 0.2) is 0 Å². The summed E-state index contributed by atoms with van der Waals surface area (Å²) in [7, 11) is 0. The first-order valence-electron chi connectivity index (χ1n) is 3.66. The third kappa shape index (κ3) is 7.26. The quantitative estimate of drug-likeness (QED) is 0.465. The summed E-state index contributed by atoms with van der Waals surface area (Å²) in [5, 5.41) is 8.26. The molecule has 1 nitrogen and oxygen atoms in total. The molecule has 0 aliphatic carbocycles. The molecule has 0 bridgehead atoms. The van der Waals surface area contributed by atoms with E-state index in [1.807, 2.05) is 6.08 Å². The molecule has 0 atom stereocenters. The highest BCUT2D eigenvalue weighted by atomic mass is 16.2. The Morgan fingerprint density at radius 1 is 1.50 bits per heavy atom. The normalized spacial score (nSPS) is 9.40. The first kappa shape index (κ1) is 9.26. The Balaban J connectivity index is 3.19. The fraction of sp³-hybridized carbons (Fsp3) is 0.556. The van der Waals surface area contributed by atoms with Gasteiger partial charge in [0.1, 0.15) is 6.61 Å². The predicted molar refractivity (Wildman–Crippen MR) is 43.5 cm³/mol. The molecule has 0 aromatic carbocycles. The van der Waals surface area contributed by atoms with Crippen molar-refractivity contribution >= 4 is 0 Å². The standard InChI is InChI=1S/C9H14O/c1-2-3-4-5-6-7-8-9-10/h5-6,10H,2-4,9H2,1H3/b6-5+. The number of hydrogen-bond acceptors (Lipinski definition) is 1. The summed E-state index contributed by atoms with van der Waals surface area (Å²) in [4.78, 5) is 0. The summed E-state index contributed by atoms with van der Waals surface area (Å²) < 4.78 is 0. The number of aliphatic hydroxyl groups is 1. The molecule has 0 unspecified atom stereocenters. The first-order valence-corrected chi connectivity index (χ1v) is 3.66. The van der Waals surface area contributed by atoms with Gasteiger partial charge in [0.05, 0.1) is 0 Å². The third-order valence-electron chi connectivity index (χ3n) is 1.11. The zero-order chi connectivity index (χ0) is 7.66. The molecule has 1 heteroatoms. The van der Waals surface area contributed by atoms with Crippen molar-refractivity contribution in [2.75, 3.05) is 6.61 Å². The maximum Gasteiger partial charge on any atom is 0.104 e. The van der Waals surface area contributed by atoms with Crippen LogP contribution in [0.25, 0.3) is 0 Å². The second-order valence-corrected chi connectivity index (χ2v) is 2.02. The van der Waals surface area contributed by atoms with E-state index < -0.39 is 0 Å². The van der Waals surface area contributed by atoms with Crippen molar-refractivity contribution in [1.82, 2.24) is 0 Å². The fourth-order valence-corrected chi connectivity index (χ4v) is 0.569. The van der Waals surface area contributed by atoms with Gasteiger partial charge >= 0.3 is 0 Å². The van der Waals surface area contributed by atoms with Crippen molar-refractivity contribution in [3.63, 3.8) is 0 Å². The summed E-state index contributed by atoms with van der Waals surface area (Å²) in [5.41, 5.74) is 0. The van der Waals surface area contributed by atoms with Crippen LogP contribution in [0.5, 0.6) is 0 Å². The lowest BCUT2D eigenvalue weighted by Gasteiger charge is -1.83. The molecular formula is C9H14O. The van der Waals surface area contributed by atoms with Crippen LogP contribution < -0.4 is 0 Å². The Morgan fingerprint density at radius 3 is 2.90 bits per heavy atom. The molecule has 0 radical (unpaired) electrons. The zero-order valence-corrected chi connectivity index (χ0v) is 6.43. The van der Waals surface area contributed by atoms with Gasteiger partial charge in [0.2, 0.25) is 0 Å². The number of rotatable bonds is 3. The second-order valence-electron chi connectivity index (χ2n) is 2.02. The summed E-state index contributed by atoms with van der Waals surface area (Å²) >= 11 is 0. The van der Waals surface area contributed by atoms with E-state index in [9.17, 15) is 0 Å². The second kappa shape index (κ2) is 8.26. The lowest BCUT2D eigenvalue weighted by molar-refractivity contribution is 0.350. The Labute approximate surface area is 62.8 Å². The Kier molecular flexibility index (Phi) is 7.65. The highest BCUT2D eigenvalue weighted by Gasteiger charge is 1.74. The SMILES string of the molecule is CCCC/C=C/C#CCO. The molecule has 0 aliphatic heterocycles. The molecule has 0 spiro atoms. The number of hydrogen-bond donors (Lipinski definition) is 1. The third-order valence-corrected chi connectivity index (χ3v) is 1.11. The fourth-order valence-electron chi connectivity index (χ4n) is 0.569. The Hall–Kier alpha value is -0.740. The summed E-state index contributed by atoms with van der Waals surface area (Å²) in [6, 6.07) is 0. The Bertz CT molecular complexity index is 137. The van der Waals surface area contributed by atoms with Gasteiger partial charge in [-0.25, -0.2) is 0 Å². The maximum atomic E-state index is 8.26. The van der Waals surface area contributed by atoms with E-state index in [1.54, 1.807) is 6.08 Å². The lowest BCUT2D eigenvalue weighted by Crippen LogP contribution is -1.69. The van der Waals surface area contributed by atoms with Crippen molar-refractivity contribution < 1.29 is 5.11 Å². The van der Waals surface area contributed by atoms with Crippen molar-refractivity contribution in [3.8, 4) is 11.8 Å². The molecule has 0 fully saturated rings. The van der Waals surface area contributed by atoms with Gasteiger partial charge in [-0.2, -0.15) is 0 Å². The van der Waals surface area contributed by atoms with E-state index in [0.29, 0.717) is 0 Å². The predicted octanol–water partition coefficient (Wildman–Crippen LogP) is 1.73. The highest BCUT2D eigenvalue weighted by molar-refractivity contribution is 5.14. The zero-order valence-electron chi connectivity index (χ0n) is 6.43. The summed E-state index contributed by atoms with van der Waals surface area (Å²) in [5.74, 6) is 5.26. The van der Waals surface area contributed by atoms with Crippen LogP contribution in [0.3, 0.4) is 0 Å². The molecule has 0 aliphatic rings. The summed E-state index contributed by atoms with van der Waals surface area (Å²) in [6.45, 7) is 2.12.